The highest BCUT2D eigenvalue weighted by atomic mass is 35.5. The summed E-state index contributed by atoms with van der Waals surface area (Å²) >= 11 is 6.21. The van der Waals surface area contributed by atoms with Crippen molar-refractivity contribution in [2.24, 2.45) is 23.5 Å². The first kappa shape index (κ1) is 13.8. The van der Waals surface area contributed by atoms with Gasteiger partial charge in [-0.2, -0.15) is 0 Å². The Labute approximate surface area is 115 Å². The molecule has 0 aromatic carbocycles. The van der Waals surface area contributed by atoms with Gasteiger partial charge in [0.15, 0.2) is 0 Å². The average Bonchev–Trinajstić information content (AvgIpc) is 2.41. The standard InChI is InChI=1S/C15H23ClN2/c1-2-11-3-4-13(9-17)14(7-11)8-12-5-6-18-10-15(12)16/h5-6,10-11,13-14H,2-4,7-9,17H2,1H3. The van der Waals surface area contributed by atoms with Crippen LogP contribution in [0.25, 0.3) is 0 Å². The highest BCUT2D eigenvalue weighted by molar-refractivity contribution is 6.31. The molecular weight excluding hydrogens is 244 g/mol. The van der Waals surface area contributed by atoms with E-state index in [0.29, 0.717) is 11.8 Å². The Morgan fingerprint density at radius 1 is 1.39 bits per heavy atom. The Bertz CT molecular complexity index is 381. The van der Waals surface area contributed by atoms with E-state index in [1.165, 1.54) is 31.2 Å². The zero-order valence-electron chi connectivity index (χ0n) is 11.1. The summed E-state index contributed by atoms with van der Waals surface area (Å²) in [6.45, 7) is 3.10. The molecule has 2 N–H and O–H groups in total. The zero-order valence-corrected chi connectivity index (χ0v) is 11.9. The number of nitrogens with two attached hydrogens (primary N) is 1. The van der Waals surface area contributed by atoms with Crippen LogP contribution in [0, 0.1) is 17.8 Å². The van der Waals surface area contributed by atoms with Crippen molar-refractivity contribution in [1.82, 2.24) is 4.98 Å². The van der Waals surface area contributed by atoms with E-state index in [1.54, 1.807) is 6.20 Å². The van der Waals surface area contributed by atoms with E-state index < -0.39 is 0 Å². The minimum atomic E-state index is 0.664. The molecule has 0 radical (unpaired) electrons. The van der Waals surface area contributed by atoms with Crippen molar-refractivity contribution < 1.29 is 0 Å². The first-order valence-electron chi connectivity index (χ1n) is 7.03. The molecule has 1 aliphatic rings. The molecule has 0 spiro atoms. The molecule has 18 heavy (non-hydrogen) atoms. The molecule has 0 saturated heterocycles. The monoisotopic (exact) mass is 266 g/mol. The maximum atomic E-state index is 6.21. The van der Waals surface area contributed by atoms with Crippen LogP contribution in [0.15, 0.2) is 18.5 Å². The first-order valence-corrected chi connectivity index (χ1v) is 7.40. The van der Waals surface area contributed by atoms with Gasteiger partial charge in [0.2, 0.25) is 0 Å². The Hall–Kier alpha value is -0.600. The minimum absolute atomic E-state index is 0.664. The summed E-state index contributed by atoms with van der Waals surface area (Å²) in [5.74, 6) is 2.23. The van der Waals surface area contributed by atoms with E-state index in [1.807, 2.05) is 12.3 Å². The van der Waals surface area contributed by atoms with Crippen molar-refractivity contribution in [3.63, 3.8) is 0 Å². The molecule has 1 aromatic heterocycles. The summed E-state index contributed by atoms with van der Waals surface area (Å²) < 4.78 is 0. The van der Waals surface area contributed by atoms with Gasteiger partial charge in [-0.1, -0.05) is 31.4 Å². The molecular formula is C15H23ClN2. The Balaban J connectivity index is 2.07. The van der Waals surface area contributed by atoms with Gasteiger partial charge in [-0.25, -0.2) is 0 Å². The van der Waals surface area contributed by atoms with E-state index in [0.717, 1.165) is 23.9 Å². The Kier molecular flexibility index (Phi) is 5.02. The summed E-state index contributed by atoms with van der Waals surface area (Å²) in [7, 11) is 0. The van der Waals surface area contributed by atoms with Gasteiger partial charge < -0.3 is 5.73 Å². The second kappa shape index (κ2) is 6.53. The van der Waals surface area contributed by atoms with Crippen LogP contribution >= 0.6 is 11.6 Å². The minimum Gasteiger partial charge on any atom is -0.330 e. The van der Waals surface area contributed by atoms with Gasteiger partial charge in [0.05, 0.1) is 5.02 Å². The normalized spacial score (nSPS) is 28.3. The quantitative estimate of drug-likeness (QED) is 0.903. The molecule has 1 fully saturated rings. The molecule has 3 unspecified atom stereocenters. The second-order valence-corrected chi connectivity index (χ2v) is 5.92. The fourth-order valence-electron chi connectivity index (χ4n) is 3.21. The second-order valence-electron chi connectivity index (χ2n) is 5.51. The Morgan fingerprint density at radius 2 is 2.22 bits per heavy atom. The van der Waals surface area contributed by atoms with Crippen LogP contribution in [-0.4, -0.2) is 11.5 Å². The summed E-state index contributed by atoms with van der Waals surface area (Å²) in [6, 6.07) is 2.05. The van der Waals surface area contributed by atoms with Crippen molar-refractivity contribution in [2.75, 3.05) is 6.54 Å². The molecule has 2 nitrogen and oxygen atoms in total. The van der Waals surface area contributed by atoms with Crippen LogP contribution < -0.4 is 5.73 Å². The molecule has 1 aliphatic carbocycles. The maximum Gasteiger partial charge on any atom is 0.0621 e. The largest absolute Gasteiger partial charge is 0.330 e. The van der Waals surface area contributed by atoms with Crippen molar-refractivity contribution >= 4 is 11.6 Å². The predicted octanol–water partition coefficient (Wildman–Crippen LogP) is 3.68. The molecule has 3 atom stereocenters. The third-order valence-electron chi connectivity index (χ3n) is 4.47. The van der Waals surface area contributed by atoms with E-state index in [9.17, 15) is 0 Å². The van der Waals surface area contributed by atoms with Crippen molar-refractivity contribution in [3.05, 3.63) is 29.0 Å². The number of pyridine rings is 1. The number of rotatable bonds is 4. The van der Waals surface area contributed by atoms with Gasteiger partial charge in [-0.05, 0) is 55.2 Å². The lowest BCUT2D eigenvalue weighted by Gasteiger charge is -2.35. The zero-order chi connectivity index (χ0) is 13.0. The number of hydrogen-bond donors (Lipinski definition) is 1. The van der Waals surface area contributed by atoms with E-state index in [-0.39, 0.29) is 0 Å². The SMILES string of the molecule is CCC1CCC(CN)C(Cc2ccncc2Cl)C1. The van der Waals surface area contributed by atoms with E-state index in [4.69, 9.17) is 17.3 Å². The molecule has 1 aromatic rings. The van der Waals surface area contributed by atoms with Crippen LogP contribution in [0.2, 0.25) is 5.02 Å². The summed E-state index contributed by atoms with van der Waals surface area (Å²) in [4.78, 5) is 4.05. The predicted molar refractivity (Wildman–Crippen MR) is 76.6 cm³/mol. The average molecular weight is 267 g/mol. The van der Waals surface area contributed by atoms with Gasteiger partial charge in [0.25, 0.3) is 0 Å². The first-order chi connectivity index (χ1) is 8.74. The van der Waals surface area contributed by atoms with Crippen molar-refractivity contribution in [3.8, 4) is 0 Å². The van der Waals surface area contributed by atoms with Gasteiger partial charge in [-0.3, -0.25) is 4.98 Å². The highest BCUT2D eigenvalue weighted by Crippen LogP contribution is 2.37. The van der Waals surface area contributed by atoms with Crippen LogP contribution in [0.5, 0.6) is 0 Å². The molecule has 1 heterocycles. The van der Waals surface area contributed by atoms with Crippen LogP contribution in [0.1, 0.15) is 38.2 Å². The summed E-state index contributed by atoms with van der Waals surface area (Å²) in [5.41, 5.74) is 7.16. The summed E-state index contributed by atoms with van der Waals surface area (Å²) in [5, 5.41) is 0.798. The van der Waals surface area contributed by atoms with Gasteiger partial charge in [-0.15, -0.1) is 0 Å². The molecule has 1 saturated carbocycles. The lowest BCUT2D eigenvalue weighted by atomic mass is 9.71. The van der Waals surface area contributed by atoms with Crippen LogP contribution in [0.4, 0.5) is 0 Å². The lowest BCUT2D eigenvalue weighted by Crippen LogP contribution is -2.31. The number of halogens is 1. The third-order valence-corrected chi connectivity index (χ3v) is 4.81. The number of hydrogen-bond acceptors (Lipinski definition) is 2. The number of aromatic nitrogens is 1. The van der Waals surface area contributed by atoms with Gasteiger partial charge >= 0.3 is 0 Å². The molecule has 3 heteroatoms. The lowest BCUT2D eigenvalue weighted by molar-refractivity contribution is 0.180. The van der Waals surface area contributed by atoms with Gasteiger partial charge in [0.1, 0.15) is 0 Å². The smallest absolute Gasteiger partial charge is 0.0621 e. The number of nitrogens with zero attached hydrogens (tertiary/aromatic N) is 1. The van der Waals surface area contributed by atoms with E-state index in [2.05, 4.69) is 11.9 Å². The van der Waals surface area contributed by atoms with E-state index >= 15 is 0 Å². The van der Waals surface area contributed by atoms with Crippen LogP contribution in [-0.2, 0) is 6.42 Å². The molecule has 0 aliphatic heterocycles. The molecule has 0 amide bonds. The fraction of sp³-hybridized carbons (Fsp3) is 0.667. The third kappa shape index (κ3) is 3.24. The van der Waals surface area contributed by atoms with Crippen molar-refractivity contribution in [1.29, 1.82) is 0 Å². The topological polar surface area (TPSA) is 38.9 Å². The maximum absolute atomic E-state index is 6.21. The fourth-order valence-corrected chi connectivity index (χ4v) is 3.40. The highest BCUT2D eigenvalue weighted by Gasteiger charge is 2.29. The Morgan fingerprint density at radius 3 is 2.89 bits per heavy atom. The summed E-state index contributed by atoms with van der Waals surface area (Å²) in [6.07, 6.45) is 9.85. The van der Waals surface area contributed by atoms with Crippen molar-refractivity contribution in [2.45, 2.75) is 39.0 Å². The van der Waals surface area contributed by atoms with Gasteiger partial charge in [0, 0.05) is 12.4 Å². The molecule has 0 bridgehead atoms. The molecule has 2 rings (SSSR count). The van der Waals surface area contributed by atoms with Crippen LogP contribution in [0.3, 0.4) is 0 Å². The molecule has 100 valence electrons.